The summed E-state index contributed by atoms with van der Waals surface area (Å²) >= 11 is 6.38. The maximum atomic E-state index is 12.6. The van der Waals surface area contributed by atoms with Crippen molar-refractivity contribution < 1.29 is 17.9 Å². The molecule has 13 heteroatoms. The standard InChI is InChI=1S/C26H30ClN7O4S/c1-26(2)24(35)32(3)21-15-18(7-10-22(21)38-26)29-23-20(27)16-28-25(31-23)30-17-5-8-19(9-6-17)33-11-13-34(14-12-33)39(4,36)37/h5-10,15-16H,11-14H2,1-4H3,(H2,28,29,30,31). The number of carbonyl (C=O) groups is 1. The summed E-state index contributed by atoms with van der Waals surface area (Å²) in [6.07, 6.45) is 2.75. The number of sulfonamides is 1. The second-order valence-corrected chi connectivity index (χ2v) is 12.4. The van der Waals surface area contributed by atoms with Crippen molar-refractivity contribution in [2.75, 3.05) is 59.9 Å². The highest BCUT2D eigenvalue weighted by molar-refractivity contribution is 7.88. The molecule has 206 valence electrons. The number of aromatic nitrogens is 2. The molecule has 39 heavy (non-hydrogen) atoms. The van der Waals surface area contributed by atoms with E-state index in [0.717, 1.165) is 11.4 Å². The van der Waals surface area contributed by atoms with Gasteiger partial charge in [0.1, 0.15) is 10.8 Å². The molecule has 2 aliphatic heterocycles. The van der Waals surface area contributed by atoms with Crippen molar-refractivity contribution >= 4 is 62.0 Å². The first kappa shape index (κ1) is 27.0. The van der Waals surface area contributed by atoms with Crippen LogP contribution in [0.25, 0.3) is 0 Å². The van der Waals surface area contributed by atoms with Gasteiger partial charge in [0.2, 0.25) is 16.0 Å². The average Bonchev–Trinajstić information content (AvgIpc) is 2.90. The number of likely N-dealkylation sites (N-methyl/N-ethyl adjacent to an activating group) is 1. The molecule has 2 N–H and O–H groups in total. The van der Waals surface area contributed by atoms with Crippen LogP contribution in [0.5, 0.6) is 5.75 Å². The van der Waals surface area contributed by atoms with E-state index in [9.17, 15) is 13.2 Å². The number of fused-ring (bicyclic) bond motifs is 1. The fraction of sp³-hybridized carbons (Fsp3) is 0.346. The van der Waals surface area contributed by atoms with E-state index in [2.05, 4.69) is 25.5 Å². The van der Waals surface area contributed by atoms with Gasteiger partial charge in [-0.1, -0.05) is 11.6 Å². The molecule has 0 bridgehead atoms. The van der Waals surface area contributed by atoms with Gasteiger partial charge in [0.15, 0.2) is 11.4 Å². The monoisotopic (exact) mass is 571 g/mol. The van der Waals surface area contributed by atoms with Crippen LogP contribution >= 0.6 is 11.6 Å². The van der Waals surface area contributed by atoms with Crippen LogP contribution < -0.4 is 25.2 Å². The van der Waals surface area contributed by atoms with Crippen molar-refractivity contribution in [3.8, 4) is 5.75 Å². The summed E-state index contributed by atoms with van der Waals surface area (Å²) < 4.78 is 30.9. The topological polar surface area (TPSA) is 120 Å². The van der Waals surface area contributed by atoms with Gasteiger partial charge in [-0.25, -0.2) is 13.4 Å². The maximum absolute atomic E-state index is 12.6. The molecule has 3 aromatic rings. The van der Waals surface area contributed by atoms with Crippen LogP contribution in [-0.4, -0.2) is 73.7 Å². The highest BCUT2D eigenvalue weighted by atomic mass is 35.5. The third-order valence-electron chi connectivity index (χ3n) is 6.71. The van der Waals surface area contributed by atoms with Crippen LogP contribution in [0.4, 0.5) is 34.5 Å². The third-order valence-corrected chi connectivity index (χ3v) is 8.29. The van der Waals surface area contributed by atoms with Gasteiger partial charge >= 0.3 is 0 Å². The van der Waals surface area contributed by atoms with Gasteiger partial charge in [0.25, 0.3) is 5.91 Å². The zero-order chi connectivity index (χ0) is 27.9. The Labute approximate surface area is 232 Å². The van der Waals surface area contributed by atoms with Crippen LogP contribution in [0.1, 0.15) is 13.8 Å². The lowest BCUT2D eigenvalue weighted by molar-refractivity contribution is -0.132. The van der Waals surface area contributed by atoms with Gasteiger partial charge in [-0.05, 0) is 56.3 Å². The molecule has 2 aromatic carbocycles. The Balaban J connectivity index is 1.27. The third kappa shape index (κ3) is 5.72. The van der Waals surface area contributed by atoms with Crippen LogP contribution in [-0.2, 0) is 14.8 Å². The normalized spacial score (nSPS) is 17.4. The molecule has 1 fully saturated rings. The zero-order valence-electron chi connectivity index (χ0n) is 22.1. The Hall–Kier alpha value is -3.61. The summed E-state index contributed by atoms with van der Waals surface area (Å²) in [5.74, 6) is 1.23. The molecule has 0 saturated carbocycles. The fourth-order valence-electron chi connectivity index (χ4n) is 4.59. The minimum Gasteiger partial charge on any atom is -0.476 e. The van der Waals surface area contributed by atoms with Crippen LogP contribution in [0.15, 0.2) is 48.7 Å². The van der Waals surface area contributed by atoms with E-state index in [4.69, 9.17) is 16.3 Å². The van der Waals surface area contributed by atoms with Gasteiger partial charge in [-0.2, -0.15) is 9.29 Å². The number of carbonyl (C=O) groups excluding carboxylic acids is 1. The van der Waals surface area contributed by atoms with E-state index < -0.39 is 15.6 Å². The van der Waals surface area contributed by atoms with E-state index in [0.29, 0.717) is 60.1 Å². The number of hydrogen-bond acceptors (Lipinski definition) is 9. The number of ether oxygens (including phenoxy) is 1. The lowest BCUT2D eigenvalue weighted by atomic mass is 10.0. The minimum absolute atomic E-state index is 0.138. The number of amides is 1. The van der Waals surface area contributed by atoms with Crippen LogP contribution in [0, 0.1) is 0 Å². The number of benzene rings is 2. The molecule has 1 amide bonds. The maximum Gasteiger partial charge on any atom is 0.270 e. The summed E-state index contributed by atoms with van der Waals surface area (Å²) in [6.45, 7) is 5.68. The molecule has 3 heterocycles. The Kier molecular flexibility index (Phi) is 7.04. The minimum atomic E-state index is -3.17. The lowest BCUT2D eigenvalue weighted by Crippen LogP contribution is -2.50. The van der Waals surface area contributed by atoms with Crippen molar-refractivity contribution in [2.24, 2.45) is 0 Å². The molecule has 0 unspecified atom stereocenters. The Morgan fingerprint density at radius 3 is 2.33 bits per heavy atom. The fourth-order valence-corrected chi connectivity index (χ4v) is 5.55. The van der Waals surface area contributed by atoms with Gasteiger partial charge in [-0.15, -0.1) is 0 Å². The van der Waals surface area contributed by atoms with Crippen molar-refractivity contribution in [1.82, 2.24) is 14.3 Å². The molecule has 0 aliphatic carbocycles. The number of nitrogens with zero attached hydrogens (tertiary/aromatic N) is 5. The Morgan fingerprint density at radius 1 is 1.00 bits per heavy atom. The van der Waals surface area contributed by atoms with Crippen LogP contribution in [0.2, 0.25) is 5.02 Å². The quantitative estimate of drug-likeness (QED) is 0.455. The largest absolute Gasteiger partial charge is 0.476 e. The Bertz CT molecular complexity index is 1510. The van der Waals surface area contributed by atoms with Gasteiger partial charge < -0.3 is 25.2 Å². The zero-order valence-corrected chi connectivity index (χ0v) is 23.7. The van der Waals surface area contributed by atoms with Gasteiger partial charge in [-0.3, -0.25) is 4.79 Å². The second-order valence-electron chi connectivity index (χ2n) is 10.00. The van der Waals surface area contributed by atoms with Gasteiger partial charge in [0.05, 0.1) is 18.1 Å². The summed E-state index contributed by atoms with van der Waals surface area (Å²) in [5, 5.41) is 6.72. The lowest BCUT2D eigenvalue weighted by Gasteiger charge is -2.37. The number of halogens is 1. The Morgan fingerprint density at radius 2 is 1.67 bits per heavy atom. The highest BCUT2D eigenvalue weighted by Gasteiger charge is 2.39. The number of anilines is 6. The highest BCUT2D eigenvalue weighted by Crippen LogP contribution is 2.39. The van der Waals surface area contributed by atoms with Crippen molar-refractivity contribution in [3.63, 3.8) is 0 Å². The molecule has 11 nitrogen and oxygen atoms in total. The predicted molar refractivity (Wildman–Crippen MR) is 153 cm³/mol. The van der Waals surface area contributed by atoms with E-state index >= 15 is 0 Å². The van der Waals surface area contributed by atoms with E-state index in [1.807, 2.05) is 36.4 Å². The summed E-state index contributed by atoms with van der Waals surface area (Å²) in [5.41, 5.74) is 2.19. The summed E-state index contributed by atoms with van der Waals surface area (Å²) in [4.78, 5) is 25.2. The van der Waals surface area contributed by atoms with Crippen LogP contribution in [0.3, 0.4) is 0 Å². The van der Waals surface area contributed by atoms with E-state index in [-0.39, 0.29) is 5.91 Å². The molecule has 1 aromatic heterocycles. The van der Waals surface area contributed by atoms with E-state index in [1.54, 1.807) is 31.9 Å². The van der Waals surface area contributed by atoms with Gasteiger partial charge in [0, 0.05) is 50.3 Å². The first-order valence-electron chi connectivity index (χ1n) is 12.4. The first-order chi connectivity index (χ1) is 18.4. The van der Waals surface area contributed by atoms with E-state index in [1.165, 1.54) is 16.8 Å². The molecule has 2 aliphatic rings. The number of nitrogens with one attached hydrogen (secondary N) is 2. The van der Waals surface area contributed by atoms with Crippen molar-refractivity contribution in [3.05, 3.63) is 53.7 Å². The number of piperazine rings is 1. The first-order valence-corrected chi connectivity index (χ1v) is 14.6. The number of rotatable bonds is 6. The average molecular weight is 572 g/mol. The predicted octanol–water partition coefficient (Wildman–Crippen LogP) is 3.83. The SMILES string of the molecule is CN1C(=O)C(C)(C)Oc2ccc(Nc3nc(Nc4ccc(N5CCN(S(C)(=O)=O)CC5)cc4)ncc3Cl)cc21. The smallest absolute Gasteiger partial charge is 0.270 e. The molecular formula is C26H30ClN7O4S. The summed E-state index contributed by atoms with van der Waals surface area (Å²) in [7, 11) is -1.45. The molecular weight excluding hydrogens is 542 g/mol. The second kappa shape index (κ2) is 10.2. The van der Waals surface area contributed by atoms with Crippen molar-refractivity contribution in [2.45, 2.75) is 19.4 Å². The number of hydrogen-bond donors (Lipinski definition) is 2. The van der Waals surface area contributed by atoms with Crippen molar-refractivity contribution in [1.29, 1.82) is 0 Å². The molecule has 0 radical (unpaired) electrons. The molecule has 1 saturated heterocycles. The molecule has 0 spiro atoms. The summed E-state index contributed by atoms with van der Waals surface area (Å²) in [6, 6.07) is 13.2. The molecule has 0 atom stereocenters. The molecule has 5 rings (SSSR count).